The van der Waals surface area contributed by atoms with Gasteiger partial charge in [-0.05, 0) is 12.6 Å². The second-order valence-electron chi connectivity index (χ2n) is 2.75. The molecule has 3 nitrogen and oxygen atoms in total. The summed E-state index contributed by atoms with van der Waals surface area (Å²) in [5.41, 5.74) is 0. The van der Waals surface area contributed by atoms with Crippen molar-refractivity contribution in [2.75, 3.05) is 6.16 Å². The van der Waals surface area contributed by atoms with Crippen LogP contribution in [0.25, 0.3) is 0 Å². The van der Waals surface area contributed by atoms with Gasteiger partial charge in [0, 0.05) is 0 Å². The van der Waals surface area contributed by atoms with Gasteiger partial charge < -0.3 is 14.4 Å². The fourth-order valence-corrected chi connectivity index (χ4v) is 1.52. The standard InChI is InChI=1S/C7H17O3P.Co/c1-2-3-4-5-6-7-11(8,9)10;/h2-7H2,1H3,(H2,8,9,10);/q;+2/p-2. The molecule has 0 fully saturated rings. The summed E-state index contributed by atoms with van der Waals surface area (Å²) in [6.07, 6.45) is 4.52. The maximum Gasteiger partial charge on any atom is 2.00 e. The zero-order valence-corrected chi connectivity index (χ0v) is 9.18. The topological polar surface area (TPSA) is 63.2 Å². The summed E-state index contributed by atoms with van der Waals surface area (Å²) in [5, 5.41) is 0. The third-order valence-corrected chi connectivity index (χ3v) is 2.40. The van der Waals surface area contributed by atoms with Gasteiger partial charge >= 0.3 is 16.8 Å². The molecule has 0 atom stereocenters. The Hall–Kier alpha value is 0.656. The van der Waals surface area contributed by atoms with Gasteiger partial charge in [-0.2, -0.15) is 0 Å². The van der Waals surface area contributed by atoms with Gasteiger partial charge in [-0.3, -0.25) is 0 Å². The third-order valence-electron chi connectivity index (χ3n) is 1.54. The molecule has 0 saturated heterocycles. The molecule has 0 unspecified atom stereocenters. The van der Waals surface area contributed by atoms with Crippen LogP contribution in [0, 0.1) is 0 Å². The van der Waals surface area contributed by atoms with Gasteiger partial charge in [0.25, 0.3) is 0 Å². The van der Waals surface area contributed by atoms with Crippen LogP contribution < -0.4 is 9.79 Å². The minimum Gasteiger partial charge on any atom is -0.811 e. The van der Waals surface area contributed by atoms with E-state index in [0.717, 1.165) is 25.7 Å². The Morgan fingerprint density at radius 2 is 1.58 bits per heavy atom. The molecule has 0 heterocycles. The molecule has 0 N–H and O–H groups in total. The Labute approximate surface area is 84.3 Å². The van der Waals surface area contributed by atoms with Gasteiger partial charge in [0.1, 0.15) is 0 Å². The third kappa shape index (κ3) is 13.3. The summed E-state index contributed by atoms with van der Waals surface area (Å²) in [7, 11) is -4.21. The van der Waals surface area contributed by atoms with E-state index in [9.17, 15) is 14.4 Å². The number of unbranched alkanes of at least 4 members (excludes halogenated alkanes) is 4. The molecule has 0 aliphatic carbocycles. The number of hydrogen-bond donors (Lipinski definition) is 0. The van der Waals surface area contributed by atoms with Crippen LogP contribution in [0.1, 0.15) is 39.0 Å². The van der Waals surface area contributed by atoms with Gasteiger partial charge in [0.15, 0.2) is 0 Å². The fourth-order valence-electron chi connectivity index (χ4n) is 0.909. The van der Waals surface area contributed by atoms with Crippen molar-refractivity contribution in [2.45, 2.75) is 39.0 Å². The van der Waals surface area contributed by atoms with E-state index in [2.05, 4.69) is 6.92 Å². The molecule has 5 heteroatoms. The first-order valence-electron chi connectivity index (χ1n) is 4.07. The van der Waals surface area contributed by atoms with Gasteiger partial charge in [0.2, 0.25) is 0 Å². The second kappa shape index (κ2) is 8.26. The van der Waals surface area contributed by atoms with Gasteiger partial charge in [-0.25, -0.2) is 0 Å². The van der Waals surface area contributed by atoms with E-state index in [1.54, 1.807) is 0 Å². The Kier molecular flexibility index (Phi) is 10.4. The monoisotopic (exact) mass is 237 g/mol. The zero-order valence-electron chi connectivity index (χ0n) is 7.25. The Bertz CT molecular complexity index is 135. The molecule has 75 valence electrons. The van der Waals surface area contributed by atoms with Gasteiger partial charge in [-0.15, -0.1) is 0 Å². The molecule has 0 aliphatic heterocycles. The van der Waals surface area contributed by atoms with E-state index in [1.807, 2.05) is 0 Å². The predicted molar refractivity (Wildman–Crippen MR) is 41.2 cm³/mol. The van der Waals surface area contributed by atoms with E-state index in [1.165, 1.54) is 0 Å². The van der Waals surface area contributed by atoms with E-state index in [4.69, 9.17) is 0 Å². The Balaban J connectivity index is 0. The molecule has 12 heavy (non-hydrogen) atoms. The second-order valence-corrected chi connectivity index (χ2v) is 4.42. The molecule has 0 aromatic carbocycles. The van der Waals surface area contributed by atoms with Crippen molar-refractivity contribution in [1.82, 2.24) is 0 Å². The van der Waals surface area contributed by atoms with Crippen LogP contribution in [0.15, 0.2) is 0 Å². The first kappa shape index (κ1) is 15.1. The molecular weight excluding hydrogens is 222 g/mol. The minimum atomic E-state index is -4.21. The van der Waals surface area contributed by atoms with Crippen molar-refractivity contribution in [1.29, 1.82) is 0 Å². The smallest absolute Gasteiger partial charge is 0.811 e. The quantitative estimate of drug-likeness (QED) is 0.508. The van der Waals surface area contributed by atoms with E-state index in [0.29, 0.717) is 6.42 Å². The maximum atomic E-state index is 10.1. The molecule has 0 aromatic heterocycles. The van der Waals surface area contributed by atoms with Crippen molar-refractivity contribution < 1.29 is 31.1 Å². The van der Waals surface area contributed by atoms with Crippen LogP contribution in [0.3, 0.4) is 0 Å². The maximum absolute atomic E-state index is 10.1. The van der Waals surface area contributed by atoms with Crippen molar-refractivity contribution in [3.8, 4) is 0 Å². The van der Waals surface area contributed by atoms with E-state index < -0.39 is 7.60 Å². The molecular formula is C7H15CoO3P. The predicted octanol–water partition coefficient (Wildman–Crippen LogP) is 0.868. The first-order valence-corrected chi connectivity index (χ1v) is 5.80. The summed E-state index contributed by atoms with van der Waals surface area (Å²) in [4.78, 5) is 20.3. The Morgan fingerprint density at radius 1 is 1.08 bits per heavy atom. The molecule has 1 radical (unpaired) electrons. The molecule has 0 rings (SSSR count). The van der Waals surface area contributed by atoms with Crippen LogP contribution in [0.5, 0.6) is 0 Å². The van der Waals surface area contributed by atoms with Crippen molar-refractivity contribution in [3.63, 3.8) is 0 Å². The van der Waals surface area contributed by atoms with Gasteiger partial charge in [-0.1, -0.05) is 40.2 Å². The van der Waals surface area contributed by atoms with Crippen molar-refractivity contribution in [3.05, 3.63) is 0 Å². The molecule has 0 spiro atoms. The summed E-state index contributed by atoms with van der Waals surface area (Å²) in [6, 6.07) is 0. The van der Waals surface area contributed by atoms with Crippen LogP contribution in [0.2, 0.25) is 0 Å². The summed E-state index contributed by atoms with van der Waals surface area (Å²) >= 11 is 0. The SMILES string of the molecule is CCCCCCCP(=O)([O-])[O-].[Co+2]. The summed E-state index contributed by atoms with van der Waals surface area (Å²) in [5.74, 6) is 0. The number of rotatable bonds is 6. The molecule has 0 amide bonds. The van der Waals surface area contributed by atoms with Crippen LogP contribution >= 0.6 is 7.60 Å². The van der Waals surface area contributed by atoms with Gasteiger partial charge in [0.05, 0.1) is 0 Å². The molecule has 0 aromatic rings. The molecule has 0 bridgehead atoms. The van der Waals surface area contributed by atoms with Crippen LogP contribution in [-0.4, -0.2) is 6.16 Å². The van der Waals surface area contributed by atoms with Crippen molar-refractivity contribution >= 4 is 7.60 Å². The first-order chi connectivity index (χ1) is 5.06. The average molecular weight is 237 g/mol. The largest absolute Gasteiger partial charge is 2.00 e. The molecule has 0 aliphatic rings. The summed E-state index contributed by atoms with van der Waals surface area (Å²) < 4.78 is 10.1. The Morgan fingerprint density at radius 3 is 2.00 bits per heavy atom. The van der Waals surface area contributed by atoms with Crippen LogP contribution in [0.4, 0.5) is 0 Å². The fraction of sp³-hybridized carbons (Fsp3) is 1.00. The summed E-state index contributed by atoms with van der Waals surface area (Å²) in [6.45, 7) is 2.09. The normalized spacial score (nSPS) is 10.9. The number of hydrogen-bond acceptors (Lipinski definition) is 3. The van der Waals surface area contributed by atoms with Crippen LogP contribution in [-0.2, 0) is 21.3 Å². The average Bonchev–Trinajstić information content (AvgIpc) is 1.85. The molecule has 0 saturated carbocycles. The van der Waals surface area contributed by atoms with E-state index >= 15 is 0 Å². The van der Waals surface area contributed by atoms with E-state index in [-0.39, 0.29) is 22.9 Å². The minimum absolute atomic E-state index is 0. The van der Waals surface area contributed by atoms with Crippen molar-refractivity contribution in [2.24, 2.45) is 0 Å². The zero-order chi connectivity index (χ0) is 8.74.